The van der Waals surface area contributed by atoms with Gasteiger partial charge in [-0.2, -0.15) is 11.8 Å². The van der Waals surface area contributed by atoms with Crippen LogP contribution in [0.15, 0.2) is 24.3 Å². The zero-order valence-corrected chi connectivity index (χ0v) is 16.3. The fraction of sp³-hybridized carbons (Fsp3) is 0.667. The molecule has 1 amide bonds. The molecule has 1 aliphatic heterocycles. The molecular formula is C21H32N2OS. The maximum Gasteiger partial charge on any atom is 0.223 e. The number of carbonyl (C=O) groups excluding carboxylic acids is 1. The second kappa shape index (κ2) is 9.63. The average Bonchev–Trinajstić information content (AvgIpc) is 3.15. The summed E-state index contributed by atoms with van der Waals surface area (Å²) in [4.78, 5) is 14.9. The zero-order chi connectivity index (χ0) is 17.5. The van der Waals surface area contributed by atoms with Crippen LogP contribution in [0.3, 0.4) is 0 Å². The Morgan fingerprint density at radius 3 is 2.60 bits per heavy atom. The van der Waals surface area contributed by atoms with Gasteiger partial charge in [-0.15, -0.1) is 0 Å². The van der Waals surface area contributed by atoms with Crippen LogP contribution in [0.4, 0.5) is 0 Å². The standard InChI is InChI=1S/C21H32N2OS/c1-17-6-2-3-7-19(17)16-23-13-10-18(11-14-23)21(24)22-12-15-25-20-8-4-5-9-20/h2-3,6-7,18,20H,4-5,8-16H2,1H3,(H,22,24). The van der Waals surface area contributed by atoms with Crippen LogP contribution in [0.1, 0.15) is 49.7 Å². The highest BCUT2D eigenvalue weighted by molar-refractivity contribution is 7.99. The Morgan fingerprint density at radius 2 is 1.88 bits per heavy atom. The minimum Gasteiger partial charge on any atom is -0.355 e. The van der Waals surface area contributed by atoms with Gasteiger partial charge in [-0.25, -0.2) is 0 Å². The molecule has 0 unspecified atom stereocenters. The number of benzene rings is 1. The molecule has 0 radical (unpaired) electrons. The maximum absolute atomic E-state index is 12.4. The van der Waals surface area contributed by atoms with Gasteiger partial charge in [0.05, 0.1) is 0 Å². The molecule has 1 aromatic carbocycles. The normalized spacial score (nSPS) is 20.0. The van der Waals surface area contributed by atoms with E-state index in [2.05, 4.69) is 53.2 Å². The van der Waals surface area contributed by atoms with Crippen molar-refractivity contribution in [3.63, 3.8) is 0 Å². The molecule has 2 aliphatic rings. The lowest BCUT2D eigenvalue weighted by Crippen LogP contribution is -2.40. The van der Waals surface area contributed by atoms with Gasteiger partial charge in [0, 0.05) is 30.0 Å². The summed E-state index contributed by atoms with van der Waals surface area (Å²) in [6.45, 7) is 6.09. The van der Waals surface area contributed by atoms with E-state index >= 15 is 0 Å². The molecule has 2 fully saturated rings. The number of hydrogen-bond acceptors (Lipinski definition) is 3. The number of aryl methyl sites for hydroxylation is 1. The highest BCUT2D eigenvalue weighted by atomic mass is 32.2. The van der Waals surface area contributed by atoms with Gasteiger partial charge in [-0.3, -0.25) is 9.69 Å². The van der Waals surface area contributed by atoms with Gasteiger partial charge in [0.25, 0.3) is 0 Å². The molecule has 3 nitrogen and oxygen atoms in total. The van der Waals surface area contributed by atoms with Gasteiger partial charge < -0.3 is 5.32 Å². The summed E-state index contributed by atoms with van der Waals surface area (Å²) in [5.74, 6) is 1.56. The quantitative estimate of drug-likeness (QED) is 0.746. The predicted molar refractivity (Wildman–Crippen MR) is 107 cm³/mol. The molecule has 1 aromatic rings. The van der Waals surface area contributed by atoms with E-state index in [1.807, 2.05) is 0 Å². The molecule has 25 heavy (non-hydrogen) atoms. The van der Waals surface area contributed by atoms with Gasteiger partial charge in [0.15, 0.2) is 0 Å². The van der Waals surface area contributed by atoms with E-state index in [4.69, 9.17) is 0 Å². The van der Waals surface area contributed by atoms with E-state index in [1.165, 1.54) is 36.8 Å². The van der Waals surface area contributed by atoms with Crippen molar-refractivity contribution < 1.29 is 4.79 Å². The molecule has 0 bridgehead atoms. The van der Waals surface area contributed by atoms with E-state index in [0.29, 0.717) is 0 Å². The van der Waals surface area contributed by atoms with Gasteiger partial charge in [-0.1, -0.05) is 37.1 Å². The largest absolute Gasteiger partial charge is 0.355 e. The van der Waals surface area contributed by atoms with Crippen LogP contribution in [0, 0.1) is 12.8 Å². The van der Waals surface area contributed by atoms with E-state index in [9.17, 15) is 4.79 Å². The molecular weight excluding hydrogens is 328 g/mol. The van der Waals surface area contributed by atoms with Crippen LogP contribution in [-0.2, 0) is 11.3 Å². The Hall–Kier alpha value is -1.00. The number of thioether (sulfide) groups is 1. The Morgan fingerprint density at radius 1 is 1.16 bits per heavy atom. The molecule has 1 aliphatic carbocycles. The van der Waals surface area contributed by atoms with Crippen molar-refractivity contribution in [2.75, 3.05) is 25.4 Å². The number of hydrogen-bond donors (Lipinski definition) is 1. The zero-order valence-electron chi connectivity index (χ0n) is 15.5. The van der Waals surface area contributed by atoms with Gasteiger partial charge in [-0.05, 0) is 56.8 Å². The van der Waals surface area contributed by atoms with Crippen LogP contribution in [-0.4, -0.2) is 41.4 Å². The van der Waals surface area contributed by atoms with Crippen LogP contribution in [0.2, 0.25) is 0 Å². The Balaban J connectivity index is 1.32. The highest BCUT2D eigenvalue weighted by Crippen LogP contribution is 2.29. The van der Waals surface area contributed by atoms with Crippen molar-refractivity contribution in [2.45, 2.75) is 57.2 Å². The Bertz CT molecular complexity index is 549. The summed E-state index contributed by atoms with van der Waals surface area (Å²) < 4.78 is 0. The van der Waals surface area contributed by atoms with Crippen molar-refractivity contribution in [3.05, 3.63) is 35.4 Å². The first-order chi connectivity index (χ1) is 12.2. The number of amides is 1. The molecule has 1 saturated heterocycles. The number of nitrogens with zero attached hydrogens (tertiary/aromatic N) is 1. The van der Waals surface area contributed by atoms with Crippen molar-refractivity contribution in [1.82, 2.24) is 10.2 Å². The molecule has 3 rings (SSSR count). The Kier molecular flexibility index (Phi) is 7.23. The molecule has 0 atom stereocenters. The molecule has 4 heteroatoms. The SMILES string of the molecule is Cc1ccccc1CN1CCC(C(=O)NCCSC2CCCC2)CC1. The third kappa shape index (κ3) is 5.75. The van der Waals surface area contributed by atoms with E-state index in [-0.39, 0.29) is 11.8 Å². The van der Waals surface area contributed by atoms with Gasteiger partial charge >= 0.3 is 0 Å². The molecule has 1 heterocycles. The summed E-state index contributed by atoms with van der Waals surface area (Å²) in [6.07, 6.45) is 7.52. The van der Waals surface area contributed by atoms with Crippen LogP contribution < -0.4 is 5.32 Å². The molecule has 0 aromatic heterocycles. The highest BCUT2D eigenvalue weighted by Gasteiger charge is 2.25. The van der Waals surface area contributed by atoms with E-state index < -0.39 is 0 Å². The second-order valence-corrected chi connectivity index (χ2v) is 8.95. The van der Waals surface area contributed by atoms with Crippen LogP contribution in [0.5, 0.6) is 0 Å². The van der Waals surface area contributed by atoms with Crippen molar-refractivity contribution in [3.8, 4) is 0 Å². The summed E-state index contributed by atoms with van der Waals surface area (Å²) in [6, 6.07) is 8.61. The number of rotatable bonds is 7. The summed E-state index contributed by atoms with van der Waals surface area (Å²) >= 11 is 2.05. The minimum absolute atomic E-state index is 0.213. The topological polar surface area (TPSA) is 32.3 Å². The van der Waals surface area contributed by atoms with Crippen LogP contribution >= 0.6 is 11.8 Å². The maximum atomic E-state index is 12.4. The summed E-state index contributed by atoms with van der Waals surface area (Å²) in [5.41, 5.74) is 2.77. The minimum atomic E-state index is 0.213. The fourth-order valence-electron chi connectivity index (χ4n) is 3.98. The number of nitrogens with one attached hydrogen (secondary N) is 1. The van der Waals surface area contributed by atoms with Crippen LogP contribution in [0.25, 0.3) is 0 Å². The fourth-order valence-corrected chi connectivity index (χ4v) is 5.20. The lowest BCUT2D eigenvalue weighted by Gasteiger charge is -2.31. The van der Waals surface area contributed by atoms with Crippen molar-refractivity contribution in [1.29, 1.82) is 0 Å². The number of piperidine rings is 1. The number of likely N-dealkylation sites (tertiary alicyclic amines) is 1. The summed E-state index contributed by atoms with van der Waals surface area (Å²) in [5, 5.41) is 4.02. The van der Waals surface area contributed by atoms with Crippen molar-refractivity contribution in [2.24, 2.45) is 5.92 Å². The first-order valence-electron chi connectivity index (χ1n) is 9.88. The molecule has 0 spiro atoms. The first-order valence-corrected chi connectivity index (χ1v) is 10.9. The monoisotopic (exact) mass is 360 g/mol. The first kappa shape index (κ1) is 18.8. The van der Waals surface area contributed by atoms with E-state index in [0.717, 1.165) is 50.0 Å². The Labute approximate surface area is 156 Å². The second-order valence-electron chi connectivity index (χ2n) is 7.55. The third-order valence-electron chi connectivity index (χ3n) is 5.67. The average molecular weight is 361 g/mol. The van der Waals surface area contributed by atoms with Crippen molar-refractivity contribution >= 4 is 17.7 Å². The van der Waals surface area contributed by atoms with Gasteiger partial charge in [0.2, 0.25) is 5.91 Å². The molecule has 1 N–H and O–H groups in total. The molecule has 138 valence electrons. The lowest BCUT2D eigenvalue weighted by atomic mass is 9.95. The lowest BCUT2D eigenvalue weighted by molar-refractivity contribution is -0.126. The summed E-state index contributed by atoms with van der Waals surface area (Å²) in [7, 11) is 0. The van der Waals surface area contributed by atoms with Gasteiger partial charge in [0.1, 0.15) is 0 Å². The number of carbonyl (C=O) groups is 1. The molecule has 1 saturated carbocycles. The van der Waals surface area contributed by atoms with E-state index in [1.54, 1.807) is 0 Å². The third-order valence-corrected chi connectivity index (χ3v) is 7.05. The predicted octanol–water partition coefficient (Wildman–Crippen LogP) is 4.00. The smallest absolute Gasteiger partial charge is 0.223 e.